The predicted octanol–water partition coefficient (Wildman–Crippen LogP) is 2.89. The van der Waals surface area contributed by atoms with Crippen LogP contribution in [-0.4, -0.2) is 45.6 Å². The number of rotatable bonds is 6. The van der Waals surface area contributed by atoms with Gasteiger partial charge in [0.15, 0.2) is 0 Å². The van der Waals surface area contributed by atoms with E-state index >= 15 is 0 Å². The van der Waals surface area contributed by atoms with Crippen molar-refractivity contribution in [3.8, 4) is 0 Å². The molecule has 1 aliphatic heterocycles. The minimum absolute atomic E-state index is 0.115. The minimum atomic E-state index is -2.04. The highest BCUT2D eigenvalue weighted by molar-refractivity contribution is 7.63. The van der Waals surface area contributed by atoms with Crippen molar-refractivity contribution in [1.82, 2.24) is 0 Å². The quantitative estimate of drug-likeness (QED) is 0.549. The highest BCUT2D eigenvalue weighted by Crippen LogP contribution is 2.48. The number of hydrogen-bond donors (Lipinski definition) is 0. The fraction of sp³-hybridized carbons (Fsp3) is 0.923. The summed E-state index contributed by atoms with van der Waals surface area (Å²) in [6.45, 7) is 11.0. The van der Waals surface area contributed by atoms with Crippen LogP contribution in [0.1, 0.15) is 34.1 Å². The molecule has 0 aromatic carbocycles. The molecule has 0 N–H and O–H groups in total. The van der Waals surface area contributed by atoms with Crippen molar-refractivity contribution >= 4 is 21.5 Å². The molecule has 1 heterocycles. The molecular weight excluding hydrogens is 246 g/mol. The van der Waals surface area contributed by atoms with Gasteiger partial charge in [-0.3, -0.25) is 0 Å². The third kappa shape index (κ3) is 4.41. The summed E-state index contributed by atoms with van der Waals surface area (Å²) in [4.78, 5) is 0. The minimum Gasteiger partial charge on any atom is -0.382 e. The number of ether oxygens (including phenoxy) is 1. The molecule has 0 aromatic heterocycles. The highest BCUT2D eigenvalue weighted by Gasteiger charge is 2.41. The Bertz CT molecular complexity index is 309. The molecule has 0 spiro atoms. The lowest BCUT2D eigenvalue weighted by molar-refractivity contribution is 0.0514. The lowest BCUT2D eigenvalue weighted by atomic mass is 9.87. The molecule has 0 aromatic rings. The van der Waals surface area contributed by atoms with Gasteiger partial charge in [0.1, 0.15) is 15.2 Å². The van der Waals surface area contributed by atoms with Gasteiger partial charge in [0.25, 0.3) is 0 Å². The van der Waals surface area contributed by atoms with Crippen LogP contribution in [0.15, 0.2) is 0 Å². The fourth-order valence-corrected chi connectivity index (χ4v) is 3.80. The molecule has 0 bridgehead atoms. The first-order valence-corrected chi connectivity index (χ1v) is 8.97. The second kappa shape index (κ2) is 6.61. The predicted molar refractivity (Wildman–Crippen MR) is 79.5 cm³/mol. The van der Waals surface area contributed by atoms with Crippen LogP contribution in [0.3, 0.4) is 0 Å². The molecule has 2 radical (unpaired) electrons. The van der Waals surface area contributed by atoms with Crippen molar-refractivity contribution in [1.29, 1.82) is 0 Å². The normalized spacial score (nSPS) is 35.9. The van der Waals surface area contributed by atoms with E-state index in [4.69, 9.17) is 21.6 Å². The van der Waals surface area contributed by atoms with Gasteiger partial charge in [-0.15, -0.1) is 0 Å². The Morgan fingerprint density at radius 2 is 2.06 bits per heavy atom. The van der Waals surface area contributed by atoms with Crippen molar-refractivity contribution in [2.75, 3.05) is 13.3 Å². The molecule has 18 heavy (non-hydrogen) atoms. The van der Waals surface area contributed by atoms with E-state index in [1.807, 2.05) is 13.6 Å². The molecular formula is C13H26BO3P. The van der Waals surface area contributed by atoms with Crippen LogP contribution in [0.5, 0.6) is 0 Å². The van der Waals surface area contributed by atoms with Gasteiger partial charge in [-0.25, -0.2) is 0 Å². The fourth-order valence-electron chi connectivity index (χ4n) is 2.37. The Morgan fingerprint density at radius 3 is 2.56 bits per heavy atom. The van der Waals surface area contributed by atoms with E-state index < -0.39 is 7.34 Å². The smallest absolute Gasteiger partial charge is 0.114 e. The van der Waals surface area contributed by atoms with Crippen LogP contribution < -0.4 is 0 Å². The van der Waals surface area contributed by atoms with Crippen molar-refractivity contribution < 1.29 is 13.8 Å². The van der Waals surface area contributed by atoms with Gasteiger partial charge < -0.3 is 13.8 Å². The summed E-state index contributed by atoms with van der Waals surface area (Å²) in [5.41, 5.74) is 0. The Kier molecular flexibility index (Phi) is 5.98. The zero-order valence-corrected chi connectivity index (χ0v) is 13.2. The Hall–Kier alpha value is 0.245. The molecule has 1 rings (SSSR count). The second-order valence-electron chi connectivity index (χ2n) is 5.63. The zero-order valence-electron chi connectivity index (χ0n) is 12.3. The van der Waals surface area contributed by atoms with Gasteiger partial charge in [-0.2, -0.15) is 0 Å². The first-order valence-electron chi connectivity index (χ1n) is 6.71. The summed E-state index contributed by atoms with van der Waals surface area (Å²) in [5, 5.41) is 0. The van der Waals surface area contributed by atoms with Crippen LogP contribution in [-0.2, 0) is 13.8 Å². The molecule has 5 heteroatoms. The van der Waals surface area contributed by atoms with Crippen molar-refractivity contribution in [2.24, 2.45) is 11.8 Å². The van der Waals surface area contributed by atoms with Crippen LogP contribution in [0.25, 0.3) is 0 Å². The number of hydrogen-bond acceptors (Lipinski definition) is 3. The van der Waals surface area contributed by atoms with Gasteiger partial charge in [0.05, 0.1) is 18.8 Å². The van der Waals surface area contributed by atoms with Crippen LogP contribution >= 0.6 is 7.34 Å². The van der Waals surface area contributed by atoms with Gasteiger partial charge in [-0.1, -0.05) is 27.1 Å². The Balaban J connectivity index is 2.64. The average Bonchev–Trinajstić information content (AvgIpc) is 2.44. The summed E-state index contributed by atoms with van der Waals surface area (Å²) in [7, 11) is 3.99. The topological polar surface area (TPSA) is 27.7 Å². The molecule has 0 aliphatic carbocycles. The van der Waals surface area contributed by atoms with E-state index in [9.17, 15) is 0 Å². The lowest BCUT2D eigenvalue weighted by Gasteiger charge is -2.28. The maximum absolute atomic E-state index is 6.03. The summed E-state index contributed by atoms with van der Waals surface area (Å²) >= 11 is 0. The van der Waals surface area contributed by atoms with Crippen LogP contribution in [0, 0.1) is 11.8 Å². The Morgan fingerprint density at radius 1 is 1.44 bits per heavy atom. The van der Waals surface area contributed by atoms with Crippen LogP contribution in [0.2, 0.25) is 0 Å². The molecule has 3 nitrogen and oxygen atoms in total. The van der Waals surface area contributed by atoms with Gasteiger partial charge >= 0.3 is 0 Å². The monoisotopic (exact) mass is 272 g/mol. The van der Waals surface area contributed by atoms with Crippen molar-refractivity contribution in [3.63, 3.8) is 0 Å². The largest absolute Gasteiger partial charge is 0.382 e. The first kappa shape index (κ1) is 16.3. The third-order valence-corrected chi connectivity index (χ3v) is 4.70. The van der Waals surface area contributed by atoms with Gasteiger partial charge in [-0.05, 0) is 19.3 Å². The van der Waals surface area contributed by atoms with Crippen molar-refractivity contribution in [2.45, 2.75) is 52.3 Å². The van der Waals surface area contributed by atoms with Gasteiger partial charge in [0, 0.05) is 18.6 Å². The highest BCUT2D eigenvalue weighted by atomic mass is 31.2. The van der Waals surface area contributed by atoms with E-state index in [0.717, 1.165) is 6.42 Å². The first-order chi connectivity index (χ1) is 8.26. The summed E-state index contributed by atoms with van der Waals surface area (Å²) in [6.07, 6.45) is 5.10. The van der Waals surface area contributed by atoms with E-state index in [-0.39, 0.29) is 24.1 Å². The molecule has 1 fully saturated rings. The zero-order chi connectivity index (χ0) is 13.9. The molecule has 1 saturated heterocycles. The lowest BCUT2D eigenvalue weighted by Crippen LogP contribution is -2.29. The second-order valence-corrected chi connectivity index (χ2v) is 8.13. The van der Waals surface area contributed by atoms with E-state index in [2.05, 4.69) is 27.1 Å². The van der Waals surface area contributed by atoms with Crippen molar-refractivity contribution in [3.05, 3.63) is 0 Å². The SMILES string of the molecule is [B]C1OC(CC(C)C)C(C)C1OP(=C)(C)OCC. The summed E-state index contributed by atoms with van der Waals surface area (Å²) in [5.74, 6) is 0.875. The van der Waals surface area contributed by atoms with Crippen LogP contribution in [0.4, 0.5) is 0 Å². The molecule has 5 unspecified atom stereocenters. The molecule has 0 amide bonds. The maximum atomic E-state index is 6.03. The average molecular weight is 272 g/mol. The maximum Gasteiger partial charge on any atom is 0.114 e. The van der Waals surface area contributed by atoms with E-state index in [1.54, 1.807) is 0 Å². The van der Waals surface area contributed by atoms with Gasteiger partial charge in [0.2, 0.25) is 0 Å². The molecule has 0 saturated carbocycles. The summed E-state index contributed by atoms with van der Waals surface area (Å²) < 4.78 is 17.4. The molecule has 1 aliphatic rings. The standard InChI is InChI=1S/C13H26BO3P/c1-7-15-18(5,6)17-12-10(4)11(8-9(2)3)16-13(12)14/h9-13H,5,7-8H2,1-4,6H3. The molecule has 5 atom stereocenters. The third-order valence-electron chi connectivity index (χ3n) is 3.21. The Labute approximate surface area is 113 Å². The van der Waals surface area contributed by atoms with E-state index in [0.29, 0.717) is 12.5 Å². The van der Waals surface area contributed by atoms with E-state index in [1.165, 1.54) is 0 Å². The molecule has 104 valence electrons. The summed E-state index contributed by atoms with van der Waals surface area (Å²) in [6, 6.07) is -0.370.